The van der Waals surface area contributed by atoms with Gasteiger partial charge in [-0.2, -0.15) is 0 Å². The van der Waals surface area contributed by atoms with Gasteiger partial charge < -0.3 is 14.3 Å². The molecule has 2 aromatic rings. The Balaban J connectivity index is 1.69. The number of furan rings is 1. The molecule has 2 aromatic heterocycles. The van der Waals surface area contributed by atoms with Crippen molar-refractivity contribution in [1.82, 2.24) is 20.2 Å². The summed E-state index contributed by atoms with van der Waals surface area (Å²) in [6.07, 6.45) is 7.41. The van der Waals surface area contributed by atoms with Crippen molar-refractivity contribution in [1.29, 1.82) is 0 Å². The van der Waals surface area contributed by atoms with Gasteiger partial charge in [0, 0.05) is 25.5 Å². The molecule has 0 radical (unpaired) electrons. The molecule has 1 aliphatic carbocycles. The fourth-order valence-corrected chi connectivity index (χ4v) is 2.13. The van der Waals surface area contributed by atoms with Gasteiger partial charge in [-0.15, -0.1) is 0 Å². The Kier molecular flexibility index (Phi) is 3.56. The average Bonchev–Trinajstić information content (AvgIpc) is 2.91. The maximum Gasteiger partial charge on any atom is 0.234 e. The number of nitrogens with one attached hydrogen (secondary N) is 2. The van der Waals surface area contributed by atoms with E-state index in [-0.39, 0.29) is 18.5 Å². The number of amides is 1. The molecule has 0 aliphatic heterocycles. The molecule has 6 nitrogen and oxygen atoms in total. The van der Waals surface area contributed by atoms with E-state index >= 15 is 0 Å². The molecule has 0 bridgehead atoms. The molecule has 2 heterocycles. The van der Waals surface area contributed by atoms with Gasteiger partial charge in [-0.1, -0.05) is 0 Å². The van der Waals surface area contributed by atoms with Crippen molar-refractivity contribution in [2.24, 2.45) is 7.05 Å². The third-order valence-corrected chi connectivity index (χ3v) is 3.35. The predicted octanol–water partition coefficient (Wildman–Crippen LogP) is 0.971. The van der Waals surface area contributed by atoms with Gasteiger partial charge >= 0.3 is 0 Å². The Morgan fingerprint density at radius 2 is 2.45 bits per heavy atom. The van der Waals surface area contributed by atoms with Gasteiger partial charge in [0.1, 0.15) is 17.6 Å². The number of carbonyl (C=O) groups excluding carboxylic acids is 1. The highest BCUT2D eigenvalue weighted by Gasteiger charge is 2.25. The van der Waals surface area contributed by atoms with E-state index in [1.54, 1.807) is 12.5 Å². The Labute approximate surface area is 117 Å². The third-order valence-electron chi connectivity index (χ3n) is 3.35. The van der Waals surface area contributed by atoms with Crippen LogP contribution >= 0.6 is 0 Å². The highest BCUT2D eigenvalue weighted by molar-refractivity contribution is 5.78. The summed E-state index contributed by atoms with van der Waals surface area (Å²) in [6.45, 7) is 0.245. The van der Waals surface area contributed by atoms with Crippen LogP contribution in [0.2, 0.25) is 0 Å². The number of imidazole rings is 1. The Hall–Kier alpha value is -2.08. The first-order valence-corrected chi connectivity index (χ1v) is 6.77. The second-order valence-electron chi connectivity index (χ2n) is 5.07. The van der Waals surface area contributed by atoms with E-state index in [1.807, 2.05) is 29.9 Å². The molecular weight excluding hydrogens is 256 g/mol. The van der Waals surface area contributed by atoms with Crippen molar-refractivity contribution in [2.75, 3.05) is 6.54 Å². The Morgan fingerprint density at radius 3 is 3.05 bits per heavy atom. The lowest BCUT2D eigenvalue weighted by Gasteiger charge is -2.16. The summed E-state index contributed by atoms with van der Waals surface area (Å²) in [6, 6.07) is 3.86. The van der Waals surface area contributed by atoms with Crippen LogP contribution in [0.1, 0.15) is 30.5 Å². The summed E-state index contributed by atoms with van der Waals surface area (Å²) in [5.41, 5.74) is 0. The predicted molar refractivity (Wildman–Crippen MR) is 72.9 cm³/mol. The van der Waals surface area contributed by atoms with Crippen LogP contribution < -0.4 is 10.6 Å². The zero-order valence-electron chi connectivity index (χ0n) is 11.4. The lowest BCUT2D eigenvalue weighted by molar-refractivity contribution is -0.120. The monoisotopic (exact) mass is 274 g/mol. The minimum absolute atomic E-state index is 0.0123. The van der Waals surface area contributed by atoms with Gasteiger partial charge in [0.05, 0.1) is 12.8 Å². The molecule has 1 amide bonds. The lowest BCUT2D eigenvalue weighted by Crippen LogP contribution is -2.37. The second kappa shape index (κ2) is 5.50. The average molecular weight is 274 g/mol. The van der Waals surface area contributed by atoms with E-state index in [4.69, 9.17) is 4.42 Å². The first-order valence-electron chi connectivity index (χ1n) is 6.77. The molecule has 1 aliphatic rings. The number of rotatable bonds is 6. The SMILES string of the molecule is Cn1ccnc1C(NCC(=O)NC1CC1)c1ccco1. The van der Waals surface area contributed by atoms with Crippen LogP contribution in [0.3, 0.4) is 0 Å². The van der Waals surface area contributed by atoms with Crippen molar-refractivity contribution in [2.45, 2.75) is 24.9 Å². The van der Waals surface area contributed by atoms with Crippen molar-refractivity contribution >= 4 is 5.91 Å². The number of hydrogen-bond acceptors (Lipinski definition) is 4. The molecule has 2 N–H and O–H groups in total. The maximum atomic E-state index is 11.8. The molecule has 3 rings (SSSR count). The number of aromatic nitrogens is 2. The quantitative estimate of drug-likeness (QED) is 0.823. The molecule has 20 heavy (non-hydrogen) atoms. The Bertz CT molecular complexity index is 572. The van der Waals surface area contributed by atoms with Gasteiger partial charge in [-0.3, -0.25) is 10.1 Å². The topological polar surface area (TPSA) is 72.1 Å². The molecule has 0 aromatic carbocycles. The van der Waals surface area contributed by atoms with E-state index in [2.05, 4.69) is 15.6 Å². The standard InChI is InChI=1S/C14H18N4O2/c1-18-7-6-15-14(18)13(11-3-2-8-20-11)16-9-12(19)17-10-4-5-10/h2-3,6-8,10,13,16H,4-5,9H2,1H3,(H,17,19). The number of carbonyl (C=O) groups is 1. The van der Waals surface area contributed by atoms with Crippen molar-refractivity contribution < 1.29 is 9.21 Å². The van der Waals surface area contributed by atoms with Gasteiger partial charge in [0.2, 0.25) is 5.91 Å². The summed E-state index contributed by atoms with van der Waals surface area (Å²) in [5.74, 6) is 1.58. The van der Waals surface area contributed by atoms with Crippen LogP contribution in [0.15, 0.2) is 35.2 Å². The molecular formula is C14H18N4O2. The maximum absolute atomic E-state index is 11.8. The highest BCUT2D eigenvalue weighted by atomic mass is 16.3. The van der Waals surface area contributed by atoms with Crippen LogP contribution in [0.5, 0.6) is 0 Å². The van der Waals surface area contributed by atoms with E-state index in [1.165, 1.54) is 0 Å². The fraction of sp³-hybridized carbons (Fsp3) is 0.429. The first kappa shape index (κ1) is 12.9. The summed E-state index contributed by atoms with van der Waals surface area (Å²) in [5, 5.41) is 6.16. The van der Waals surface area contributed by atoms with Crippen LogP contribution in [0, 0.1) is 0 Å². The molecule has 1 atom stereocenters. The van der Waals surface area contributed by atoms with Gasteiger partial charge in [0.25, 0.3) is 0 Å². The van der Waals surface area contributed by atoms with Crippen LogP contribution in [0.4, 0.5) is 0 Å². The zero-order valence-corrected chi connectivity index (χ0v) is 11.4. The van der Waals surface area contributed by atoms with E-state index in [0.29, 0.717) is 6.04 Å². The smallest absolute Gasteiger partial charge is 0.234 e. The molecule has 0 spiro atoms. The molecule has 106 valence electrons. The normalized spacial score (nSPS) is 16.1. The number of nitrogens with zero attached hydrogens (tertiary/aromatic N) is 2. The molecule has 1 saturated carbocycles. The van der Waals surface area contributed by atoms with Crippen LogP contribution in [0.25, 0.3) is 0 Å². The summed E-state index contributed by atoms with van der Waals surface area (Å²) in [7, 11) is 1.92. The highest BCUT2D eigenvalue weighted by Crippen LogP contribution is 2.21. The van der Waals surface area contributed by atoms with E-state index in [0.717, 1.165) is 24.4 Å². The minimum atomic E-state index is -0.227. The van der Waals surface area contributed by atoms with Crippen molar-refractivity contribution in [3.8, 4) is 0 Å². The largest absolute Gasteiger partial charge is 0.467 e. The summed E-state index contributed by atoms with van der Waals surface area (Å²) < 4.78 is 7.37. The van der Waals surface area contributed by atoms with Gasteiger partial charge in [-0.05, 0) is 25.0 Å². The van der Waals surface area contributed by atoms with Crippen LogP contribution in [-0.2, 0) is 11.8 Å². The van der Waals surface area contributed by atoms with E-state index < -0.39 is 0 Å². The van der Waals surface area contributed by atoms with Crippen molar-refractivity contribution in [3.05, 3.63) is 42.4 Å². The van der Waals surface area contributed by atoms with E-state index in [9.17, 15) is 4.79 Å². The van der Waals surface area contributed by atoms with Gasteiger partial charge in [0.15, 0.2) is 0 Å². The lowest BCUT2D eigenvalue weighted by atomic mass is 10.2. The van der Waals surface area contributed by atoms with Crippen LogP contribution in [-0.4, -0.2) is 28.0 Å². The number of hydrogen-bond donors (Lipinski definition) is 2. The van der Waals surface area contributed by atoms with Gasteiger partial charge in [-0.25, -0.2) is 4.98 Å². The van der Waals surface area contributed by atoms with Crippen molar-refractivity contribution in [3.63, 3.8) is 0 Å². The number of aryl methyl sites for hydroxylation is 1. The third kappa shape index (κ3) is 2.91. The fourth-order valence-electron chi connectivity index (χ4n) is 2.13. The summed E-state index contributed by atoms with van der Waals surface area (Å²) >= 11 is 0. The second-order valence-corrected chi connectivity index (χ2v) is 5.07. The first-order chi connectivity index (χ1) is 9.74. The molecule has 1 unspecified atom stereocenters. The molecule has 6 heteroatoms. The minimum Gasteiger partial charge on any atom is -0.467 e. The Morgan fingerprint density at radius 1 is 1.60 bits per heavy atom. The summed E-state index contributed by atoms with van der Waals surface area (Å²) in [4.78, 5) is 16.1. The molecule has 0 saturated heterocycles. The molecule has 1 fully saturated rings. The zero-order chi connectivity index (χ0) is 13.9.